The molecule has 0 saturated carbocycles. The molecule has 1 atom stereocenters. The quantitative estimate of drug-likeness (QED) is 0.799. The molecule has 0 aliphatic carbocycles. The lowest BCUT2D eigenvalue weighted by atomic mass is 10.0. The molecule has 20 heavy (non-hydrogen) atoms. The summed E-state index contributed by atoms with van der Waals surface area (Å²) in [5, 5.41) is 9.83. The molecule has 0 radical (unpaired) electrons. The molecule has 0 fully saturated rings. The van der Waals surface area contributed by atoms with Crippen LogP contribution in [0.15, 0.2) is 53.4 Å². The van der Waals surface area contributed by atoms with Crippen molar-refractivity contribution in [3.63, 3.8) is 0 Å². The molecule has 2 heteroatoms. The number of aliphatic hydroxyl groups excluding tert-OH is 1. The summed E-state index contributed by atoms with van der Waals surface area (Å²) in [7, 11) is 0. The van der Waals surface area contributed by atoms with Gasteiger partial charge < -0.3 is 5.11 Å². The van der Waals surface area contributed by atoms with Crippen LogP contribution in [0.2, 0.25) is 0 Å². The van der Waals surface area contributed by atoms with Crippen molar-refractivity contribution >= 4 is 11.8 Å². The average molecular weight is 286 g/mol. The Hall–Kier alpha value is -1.25. The molecule has 106 valence electrons. The highest BCUT2D eigenvalue weighted by Crippen LogP contribution is 2.25. The zero-order valence-corrected chi connectivity index (χ0v) is 13.2. The van der Waals surface area contributed by atoms with Gasteiger partial charge in [-0.05, 0) is 36.1 Å². The summed E-state index contributed by atoms with van der Waals surface area (Å²) in [4.78, 5) is 1.21. The number of aryl methyl sites for hydroxylation is 1. The largest absolute Gasteiger partial charge is 0.392 e. The molecular formula is C18H22OS. The van der Waals surface area contributed by atoms with Gasteiger partial charge in [0, 0.05) is 10.6 Å². The first-order valence-electron chi connectivity index (χ1n) is 7.04. The van der Waals surface area contributed by atoms with E-state index in [0.717, 1.165) is 5.75 Å². The van der Waals surface area contributed by atoms with E-state index in [1.54, 1.807) is 11.8 Å². The maximum Gasteiger partial charge on any atom is 0.0656 e. The Balaban J connectivity index is 2.03. The van der Waals surface area contributed by atoms with Gasteiger partial charge in [0.05, 0.1) is 6.10 Å². The Bertz CT molecular complexity index is 546. The van der Waals surface area contributed by atoms with E-state index in [4.69, 9.17) is 0 Å². The van der Waals surface area contributed by atoms with Gasteiger partial charge in [0.25, 0.3) is 0 Å². The van der Waals surface area contributed by atoms with Crippen molar-refractivity contribution in [1.82, 2.24) is 0 Å². The Labute approximate surface area is 126 Å². The number of rotatable bonds is 5. The molecule has 0 amide bonds. The van der Waals surface area contributed by atoms with Gasteiger partial charge in [-0.2, -0.15) is 0 Å². The van der Waals surface area contributed by atoms with Crippen LogP contribution in [0.5, 0.6) is 0 Å². The normalized spacial score (nSPS) is 12.7. The summed E-state index contributed by atoms with van der Waals surface area (Å²) in [6, 6.07) is 17.1. The fourth-order valence-corrected chi connectivity index (χ4v) is 3.02. The van der Waals surface area contributed by atoms with Crippen LogP contribution in [-0.4, -0.2) is 17.0 Å². The SMILES string of the molecule is Cc1cccc(-c2ccc(SCC(O)C(C)C)cc2)c1. The molecule has 1 nitrogen and oxygen atoms in total. The van der Waals surface area contributed by atoms with Gasteiger partial charge in [0.2, 0.25) is 0 Å². The van der Waals surface area contributed by atoms with Crippen molar-refractivity contribution in [3.05, 3.63) is 54.1 Å². The molecule has 2 rings (SSSR count). The fourth-order valence-electron chi connectivity index (χ4n) is 1.94. The fraction of sp³-hybridized carbons (Fsp3) is 0.333. The van der Waals surface area contributed by atoms with Crippen LogP contribution < -0.4 is 0 Å². The van der Waals surface area contributed by atoms with E-state index < -0.39 is 0 Å². The van der Waals surface area contributed by atoms with Crippen molar-refractivity contribution < 1.29 is 5.11 Å². The Morgan fingerprint density at radius 1 is 1.00 bits per heavy atom. The predicted octanol–water partition coefficient (Wildman–Crippen LogP) is 4.77. The second-order valence-corrected chi connectivity index (χ2v) is 6.61. The van der Waals surface area contributed by atoms with Crippen molar-refractivity contribution in [2.75, 3.05) is 5.75 Å². The van der Waals surface area contributed by atoms with Crippen molar-refractivity contribution in [3.8, 4) is 11.1 Å². The first-order chi connectivity index (χ1) is 9.56. The van der Waals surface area contributed by atoms with Crippen molar-refractivity contribution in [1.29, 1.82) is 0 Å². The van der Waals surface area contributed by atoms with Crippen LogP contribution in [0.1, 0.15) is 19.4 Å². The summed E-state index contributed by atoms with van der Waals surface area (Å²) >= 11 is 1.71. The highest BCUT2D eigenvalue weighted by molar-refractivity contribution is 7.99. The van der Waals surface area contributed by atoms with E-state index in [2.05, 4.69) is 55.5 Å². The molecule has 2 aromatic rings. The molecular weight excluding hydrogens is 264 g/mol. The maximum absolute atomic E-state index is 9.83. The topological polar surface area (TPSA) is 20.2 Å². The number of hydrogen-bond donors (Lipinski definition) is 1. The van der Waals surface area contributed by atoms with E-state index in [1.807, 2.05) is 13.8 Å². The summed E-state index contributed by atoms with van der Waals surface area (Å²) in [6.45, 7) is 6.21. The maximum atomic E-state index is 9.83. The monoisotopic (exact) mass is 286 g/mol. The molecule has 0 saturated heterocycles. The first kappa shape index (κ1) is 15.1. The molecule has 0 aromatic heterocycles. The number of hydrogen-bond acceptors (Lipinski definition) is 2. The minimum atomic E-state index is -0.239. The van der Waals surface area contributed by atoms with Crippen LogP contribution in [0.4, 0.5) is 0 Å². The third kappa shape index (κ3) is 4.12. The van der Waals surface area contributed by atoms with Gasteiger partial charge in [-0.15, -0.1) is 11.8 Å². The van der Waals surface area contributed by atoms with E-state index in [-0.39, 0.29) is 6.10 Å². The lowest BCUT2D eigenvalue weighted by Crippen LogP contribution is -2.17. The highest BCUT2D eigenvalue weighted by Gasteiger charge is 2.09. The Morgan fingerprint density at radius 2 is 1.70 bits per heavy atom. The number of thioether (sulfide) groups is 1. The standard InChI is InChI=1S/C18H22OS/c1-13(2)18(19)12-20-17-9-7-15(8-10-17)16-6-4-5-14(3)11-16/h4-11,13,18-19H,12H2,1-3H3. The lowest BCUT2D eigenvalue weighted by Gasteiger charge is -2.13. The van der Waals surface area contributed by atoms with Crippen LogP contribution in [0, 0.1) is 12.8 Å². The number of aliphatic hydroxyl groups is 1. The van der Waals surface area contributed by atoms with E-state index in [0.29, 0.717) is 5.92 Å². The third-order valence-electron chi connectivity index (χ3n) is 3.40. The summed E-state index contributed by atoms with van der Waals surface area (Å²) in [5.74, 6) is 1.07. The van der Waals surface area contributed by atoms with Gasteiger partial charge in [0.15, 0.2) is 0 Å². The van der Waals surface area contributed by atoms with E-state index >= 15 is 0 Å². The minimum absolute atomic E-state index is 0.239. The van der Waals surface area contributed by atoms with Crippen LogP contribution >= 0.6 is 11.8 Å². The summed E-state index contributed by atoms with van der Waals surface area (Å²) < 4.78 is 0. The Kier molecular flexibility index (Phi) is 5.27. The van der Waals surface area contributed by atoms with E-state index in [9.17, 15) is 5.11 Å². The molecule has 0 aliphatic rings. The molecule has 0 heterocycles. The zero-order chi connectivity index (χ0) is 14.5. The van der Waals surface area contributed by atoms with Crippen LogP contribution in [-0.2, 0) is 0 Å². The van der Waals surface area contributed by atoms with Crippen molar-refractivity contribution in [2.45, 2.75) is 31.8 Å². The highest BCUT2D eigenvalue weighted by atomic mass is 32.2. The van der Waals surface area contributed by atoms with Gasteiger partial charge in [-0.25, -0.2) is 0 Å². The molecule has 0 aliphatic heterocycles. The first-order valence-corrected chi connectivity index (χ1v) is 8.03. The van der Waals surface area contributed by atoms with E-state index in [1.165, 1.54) is 21.6 Å². The number of benzene rings is 2. The van der Waals surface area contributed by atoms with Gasteiger partial charge in [0.1, 0.15) is 0 Å². The van der Waals surface area contributed by atoms with Gasteiger partial charge >= 0.3 is 0 Å². The van der Waals surface area contributed by atoms with Crippen molar-refractivity contribution in [2.24, 2.45) is 5.92 Å². The third-order valence-corrected chi connectivity index (χ3v) is 4.51. The zero-order valence-electron chi connectivity index (χ0n) is 12.3. The molecule has 1 N–H and O–H groups in total. The average Bonchev–Trinajstić information content (AvgIpc) is 2.45. The Morgan fingerprint density at radius 3 is 2.30 bits per heavy atom. The summed E-state index contributed by atoms with van der Waals surface area (Å²) in [5.41, 5.74) is 3.77. The van der Waals surface area contributed by atoms with Gasteiger partial charge in [-0.3, -0.25) is 0 Å². The molecule has 2 aromatic carbocycles. The molecule has 0 bridgehead atoms. The van der Waals surface area contributed by atoms with Crippen LogP contribution in [0.25, 0.3) is 11.1 Å². The second-order valence-electron chi connectivity index (χ2n) is 5.52. The minimum Gasteiger partial charge on any atom is -0.392 e. The predicted molar refractivity (Wildman–Crippen MR) is 88.2 cm³/mol. The second kappa shape index (κ2) is 6.96. The molecule has 0 spiro atoms. The smallest absolute Gasteiger partial charge is 0.0656 e. The van der Waals surface area contributed by atoms with Crippen LogP contribution in [0.3, 0.4) is 0 Å². The lowest BCUT2D eigenvalue weighted by molar-refractivity contribution is 0.149. The summed E-state index contributed by atoms with van der Waals surface area (Å²) in [6.07, 6.45) is -0.239. The van der Waals surface area contributed by atoms with Gasteiger partial charge in [-0.1, -0.05) is 55.8 Å². The molecule has 1 unspecified atom stereocenters.